The SMILES string of the molecule is CC(C)=CC(=O)c1cccc(C(F)(F)F)c1C. The second kappa shape index (κ2) is 4.73. The summed E-state index contributed by atoms with van der Waals surface area (Å²) >= 11 is 0. The average Bonchev–Trinajstić information content (AvgIpc) is 2.14. The minimum atomic E-state index is -4.43. The van der Waals surface area contributed by atoms with Gasteiger partial charge in [-0.3, -0.25) is 4.79 Å². The Morgan fingerprint density at radius 2 is 1.82 bits per heavy atom. The minimum Gasteiger partial charge on any atom is -0.289 e. The van der Waals surface area contributed by atoms with Crippen LogP contribution in [0.25, 0.3) is 0 Å². The number of allylic oxidation sites excluding steroid dienone is 2. The first-order valence-corrected chi connectivity index (χ1v) is 5.09. The molecule has 0 aliphatic rings. The first-order valence-electron chi connectivity index (χ1n) is 5.09. The molecule has 0 aromatic heterocycles. The van der Waals surface area contributed by atoms with Crippen molar-refractivity contribution in [2.24, 2.45) is 0 Å². The van der Waals surface area contributed by atoms with Crippen LogP contribution in [-0.4, -0.2) is 5.78 Å². The molecule has 4 heteroatoms. The Morgan fingerprint density at radius 1 is 1.24 bits per heavy atom. The predicted molar refractivity (Wildman–Crippen MR) is 59.9 cm³/mol. The van der Waals surface area contributed by atoms with Gasteiger partial charge < -0.3 is 0 Å². The Morgan fingerprint density at radius 3 is 2.29 bits per heavy atom. The van der Waals surface area contributed by atoms with Gasteiger partial charge in [0, 0.05) is 5.56 Å². The van der Waals surface area contributed by atoms with Crippen molar-refractivity contribution in [1.82, 2.24) is 0 Å². The molecule has 1 aromatic carbocycles. The van der Waals surface area contributed by atoms with E-state index >= 15 is 0 Å². The van der Waals surface area contributed by atoms with Crippen LogP contribution < -0.4 is 0 Å². The molecule has 0 N–H and O–H groups in total. The smallest absolute Gasteiger partial charge is 0.289 e. The summed E-state index contributed by atoms with van der Waals surface area (Å²) in [4.78, 5) is 11.7. The molecule has 0 fully saturated rings. The fourth-order valence-corrected chi connectivity index (χ4v) is 1.55. The summed E-state index contributed by atoms with van der Waals surface area (Å²) in [5.41, 5.74) is 0.0702. The van der Waals surface area contributed by atoms with Crippen LogP contribution in [0.5, 0.6) is 0 Å². The highest BCUT2D eigenvalue weighted by molar-refractivity contribution is 6.06. The zero-order valence-electron chi connectivity index (χ0n) is 9.85. The van der Waals surface area contributed by atoms with Crippen molar-refractivity contribution in [2.75, 3.05) is 0 Å². The molecule has 0 atom stereocenters. The van der Waals surface area contributed by atoms with Gasteiger partial charge in [-0.15, -0.1) is 0 Å². The van der Waals surface area contributed by atoms with E-state index < -0.39 is 17.5 Å². The lowest BCUT2D eigenvalue weighted by Gasteiger charge is -2.12. The van der Waals surface area contributed by atoms with Crippen LogP contribution in [0.15, 0.2) is 29.8 Å². The standard InChI is InChI=1S/C13H13F3O/c1-8(2)7-12(17)10-5-4-6-11(9(10)3)13(14,15)16/h4-7H,1-3H3. The Kier molecular flexibility index (Phi) is 3.76. The van der Waals surface area contributed by atoms with Crippen molar-refractivity contribution in [1.29, 1.82) is 0 Å². The minimum absolute atomic E-state index is 0.0255. The molecule has 0 radical (unpaired) electrons. The molecule has 0 saturated heterocycles. The molecule has 0 heterocycles. The normalized spacial score (nSPS) is 11.2. The molecule has 17 heavy (non-hydrogen) atoms. The number of carbonyl (C=O) groups is 1. The molecule has 0 spiro atoms. The molecule has 0 aliphatic carbocycles. The van der Waals surface area contributed by atoms with Crippen molar-refractivity contribution in [3.63, 3.8) is 0 Å². The first kappa shape index (κ1) is 13.5. The van der Waals surface area contributed by atoms with E-state index in [4.69, 9.17) is 0 Å². The molecule has 0 amide bonds. The van der Waals surface area contributed by atoms with Crippen LogP contribution in [-0.2, 0) is 6.18 Å². The quantitative estimate of drug-likeness (QED) is 0.562. The van der Waals surface area contributed by atoms with Crippen LogP contribution in [0.1, 0.15) is 35.3 Å². The number of hydrogen-bond acceptors (Lipinski definition) is 1. The van der Waals surface area contributed by atoms with E-state index in [9.17, 15) is 18.0 Å². The zero-order valence-corrected chi connectivity index (χ0v) is 9.85. The summed E-state index contributed by atoms with van der Waals surface area (Å²) in [5, 5.41) is 0. The Bertz CT molecular complexity index is 466. The van der Waals surface area contributed by atoms with Crippen LogP contribution in [0.4, 0.5) is 13.2 Å². The summed E-state index contributed by atoms with van der Waals surface area (Å²) < 4.78 is 37.9. The van der Waals surface area contributed by atoms with Crippen LogP contribution in [0.3, 0.4) is 0 Å². The van der Waals surface area contributed by atoms with E-state index in [-0.39, 0.29) is 11.1 Å². The molecular weight excluding hydrogens is 229 g/mol. The van der Waals surface area contributed by atoms with Gasteiger partial charge in [0.1, 0.15) is 0 Å². The largest absolute Gasteiger partial charge is 0.416 e. The Hall–Kier alpha value is -1.58. The molecule has 1 rings (SSSR count). The highest BCUT2D eigenvalue weighted by atomic mass is 19.4. The highest BCUT2D eigenvalue weighted by Gasteiger charge is 2.33. The van der Waals surface area contributed by atoms with Gasteiger partial charge in [0.15, 0.2) is 5.78 Å². The van der Waals surface area contributed by atoms with E-state index in [1.54, 1.807) is 13.8 Å². The number of alkyl halides is 3. The third-order valence-electron chi connectivity index (χ3n) is 2.32. The van der Waals surface area contributed by atoms with Crippen molar-refractivity contribution in [3.8, 4) is 0 Å². The number of rotatable bonds is 2. The van der Waals surface area contributed by atoms with Gasteiger partial charge >= 0.3 is 6.18 Å². The fourth-order valence-electron chi connectivity index (χ4n) is 1.55. The average molecular weight is 242 g/mol. The van der Waals surface area contributed by atoms with E-state index in [2.05, 4.69) is 0 Å². The molecular formula is C13H13F3O. The summed E-state index contributed by atoms with van der Waals surface area (Å²) in [6.45, 7) is 4.76. The van der Waals surface area contributed by atoms with Gasteiger partial charge in [0.2, 0.25) is 0 Å². The number of hydrogen-bond donors (Lipinski definition) is 0. The number of benzene rings is 1. The maximum Gasteiger partial charge on any atom is 0.416 e. The monoisotopic (exact) mass is 242 g/mol. The molecule has 1 aromatic rings. The molecule has 0 unspecified atom stereocenters. The fraction of sp³-hybridized carbons (Fsp3) is 0.308. The summed E-state index contributed by atoms with van der Waals surface area (Å²) in [6, 6.07) is 3.64. The van der Waals surface area contributed by atoms with E-state index in [0.29, 0.717) is 0 Å². The van der Waals surface area contributed by atoms with Gasteiger partial charge in [-0.25, -0.2) is 0 Å². The van der Waals surface area contributed by atoms with Gasteiger partial charge in [-0.05, 0) is 38.5 Å². The van der Waals surface area contributed by atoms with Gasteiger partial charge in [-0.2, -0.15) is 13.2 Å². The lowest BCUT2D eigenvalue weighted by molar-refractivity contribution is -0.138. The number of halogens is 3. The summed E-state index contributed by atoms with van der Waals surface area (Å²) in [7, 11) is 0. The van der Waals surface area contributed by atoms with E-state index in [1.807, 2.05) is 0 Å². The lowest BCUT2D eigenvalue weighted by atomic mass is 9.98. The molecule has 0 aliphatic heterocycles. The summed E-state index contributed by atoms with van der Waals surface area (Å²) in [5.74, 6) is -0.395. The molecule has 0 bridgehead atoms. The van der Waals surface area contributed by atoms with Gasteiger partial charge in [0.05, 0.1) is 5.56 Å². The maximum absolute atomic E-state index is 12.6. The van der Waals surface area contributed by atoms with Gasteiger partial charge in [-0.1, -0.05) is 17.7 Å². The third kappa shape index (κ3) is 3.19. The lowest BCUT2D eigenvalue weighted by Crippen LogP contribution is -2.10. The molecule has 1 nitrogen and oxygen atoms in total. The maximum atomic E-state index is 12.6. The van der Waals surface area contributed by atoms with Crippen molar-refractivity contribution < 1.29 is 18.0 Å². The van der Waals surface area contributed by atoms with Crippen molar-refractivity contribution in [3.05, 3.63) is 46.5 Å². The number of ketones is 1. The topological polar surface area (TPSA) is 17.1 Å². The number of carbonyl (C=O) groups excluding carboxylic acids is 1. The predicted octanol–water partition coefficient (Wildman–Crippen LogP) is 4.16. The highest BCUT2D eigenvalue weighted by Crippen LogP contribution is 2.33. The van der Waals surface area contributed by atoms with Crippen LogP contribution in [0, 0.1) is 6.92 Å². The second-order valence-electron chi connectivity index (χ2n) is 4.06. The van der Waals surface area contributed by atoms with Crippen LogP contribution in [0.2, 0.25) is 0 Å². The second-order valence-corrected chi connectivity index (χ2v) is 4.06. The van der Waals surface area contributed by atoms with Gasteiger partial charge in [0.25, 0.3) is 0 Å². The Labute approximate surface area is 98.0 Å². The van der Waals surface area contributed by atoms with E-state index in [0.717, 1.165) is 11.6 Å². The van der Waals surface area contributed by atoms with E-state index in [1.165, 1.54) is 25.1 Å². The van der Waals surface area contributed by atoms with Crippen molar-refractivity contribution >= 4 is 5.78 Å². The molecule has 0 saturated carbocycles. The van der Waals surface area contributed by atoms with Crippen molar-refractivity contribution in [2.45, 2.75) is 26.9 Å². The Balaban J connectivity index is 3.29. The zero-order chi connectivity index (χ0) is 13.2. The van der Waals surface area contributed by atoms with Crippen LogP contribution >= 0.6 is 0 Å². The third-order valence-corrected chi connectivity index (χ3v) is 2.32. The first-order chi connectivity index (χ1) is 7.73. The molecule has 92 valence electrons. The summed E-state index contributed by atoms with van der Waals surface area (Å²) in [6.07, 6.45) is -3.09.